The van der Waals surface area contributed by atoms with Crippen LogP contribution in [0.15, 0.2) is 65.8 Å². The summed E-state index contributed by atoms with van der Waals surface area (Å²) in [5, 5.41) is 12.5. The number of hydrogen-bond donors (Lipinski definition) is 4. The second-order valence-corrected chi connectivity index (χ2v) is 9.89. The molecule has 6 bridgehead atoms. The fraction of sp³-hybridized carbons (Fsp3) is 0.308. The van der Waals surface area contributed by atoms with Crippen LogP contribution in [0, 0.1) is 5.92 Å². The van der Waals surface area contributed by atoms with Crippen LogP contribution in [0.4, 0.5) is 23.0 Å². The molecule has 3 aromatic rings. The van der Waals surface area contributed by atoms with Crippen LogP contribution in [0.2, 0.25) is 0 Å². The third kappa shape index (κ3) is 7.45. The van der Waals surface area contributed by atoms with Crippen molar-refractivity contribution >= 4 is 46.6 Å². The zero-order chi connectivity index (χ0) is 24.6. The van der Waals surface area contributed by atoms with E-state index >= 15 is 0 Å². The second kappa shape index (κ2) is 11.7. The molecular formula is C26H30N6O2S. The molecule has 0 spiro atoms. The van der Waals surface area contributed by atoms with Gasteiger partial charge in [-0.1, -0.05) is 32.0 Å². The number of nitrogens with zero attached hydrogens (tertiary/aromatic N) is 2. The number of carbonyl (C=O) groups excluding carboxylic acids is 2. The van der Waals surface area contributed by atoms with Crippen LogP contribution in [0.5, 0.6) is 0 Å². The largest absolute Gasteiger partial charge is 0.354 e. The predicted octanol–water partition coefficient (Wildman–Crippen LogP) is 4.26. The van der Waals surface area contributed by atoms with Crippen molar-refractivity contribution in [2.45, 2.75) is 37.6 Å². The number of amides is 2. The molecular weight excluding hydrogens is 460 g/mol. The molecule has 8 nitrogen and oxygen atoms in total. The van der Waals surface area contributed by atoms with Gasteiger partial charge in [-0.3, -0.25) is 9.59 Å². The van der Waals surface area contributed by atoms with E-state index in [2.05, 4.69) is 31.2 Å². The molecule has 2 aromatic carbocycles. The second-order valence-electron chi connectivity index (χ2n) is 8.85. The first-order valence-electron chi connectivity index (χ1n) is 11.7. The standard InChI is InChI=1S/C26H30N6O2S/c1-17(2)11-22-26(34)27-10-9-18-5-3-6-19(12-18)30-23-14-24(29-16-28-23)31-20-7-4-8-21(13-20)35-15-25(33)32-22/h3-8,12-14,16-17,22H,9-11,15H2,1-2H3,(H,27,34)(H,32,33)(H2,28,29,30,31). The first-order chi connectivity index (χ1) is 16.9. The Labute approximate surface area is 209 Å². The highest BCUT2D eigenvalue weighted by atomic mass is 32.2. The lowest BCUT2D eigenvalue weighted by Gasteiger charge is -2.20. The molecule has 1 aliphatic rings. The number of fused-ring (bicyclic) bond motifs is 6. The first kappa shape index (κ1) is 24.5. The van der Waals surface area contributed by atoms with Crippen molar-refractivity contribution in [3.8, 4) is 0 Å². The molecule has 0 saturated heterocycles. The SMILES string of the molecule is CC(C)CC1NC(=O)CSc2cccc(c2)Nc2cc(ncn2)Nc2cccc(c2)CCNC1=O. The van der Waals surface area contributed by atoms with Crippen molar-refractivity contribution in [1.82, 2.24) is 20.6 Å². The summed E-state index contributed by atoms with van der Waals surface area (Å²) in [5.74, 6) is 1.50. The smallest absolute Gasteiger partial charge is 0.242 e. The van der Waals surface area contributed by atoms with E-state index in [0.717, 1.165) is 21.8 Å². The number of nitrogens with one attached hydrogen (secondary N) is 4. The highest BCUT2D eigenvalue weighted by Gasteiger charge is 2.21. The highest BCUT2D eigenvalue weighted by Crippen LogP contribution is 2.25. The quantitative estimate of drug-likeness (QED) is 0.425. The maximum Gasteiger partial charge on any atom is 0.242 e. The van der Waals surface area contributed by atoms with E-state index in [1.165, 1.54) is 18.1 Å². The summed E-state index contributed by atoms with van der Waals surface area (Å²) in [4.78, 5) is 35.1. The van der Waals surface area contributed by atoms with E-state index in [0.29, 0.717) is 31.0 Å². The number of carbonyl (C=O) groups is 2. The number of anilines is 4. The zero-order valence-electron chi connectivity index (χ0n) is 19.9. The minimum atomic E-state index is -0.558. The van der Waals surface area contributed by atoms with Crippen LogP contribution >= 0.6 is 11.8 Å². The fourth-order valence-corrected chi connectivity index (χ4v) is 4.57. The number of hydrogen-bond acceptors (Lipinski definition) is 7. The molecule has 1 atom stereocenters. The van der Waals surface area contributed by atoms with Gasteiger partial charge in [-0.25, -0.2) is 9.97 Å². The van der Waals surface area contributed by atoms with E-state index in [-0.39, 0.29) is 23.5 Å². The van der Waals surface area contributed by atoms with Gasteiger partial charge in [-0.2, -0.15) is 0 Å². The molecule has 2 amide bonds. The topological polar surface area (TPSA) is 108 Å². The van der Waals surface area contributed by atoms with E-state index in [1.54, 1.807) is 0 Å². The van der Waals surface area contributed by atoms with Gasteiger partial charge in [0.1, 0.15) is 24.0 Å². The lowest BCUT2D eigenvalue weighted by Crippen LogP contribution is -2.48. The molecule has 1 aliphatic heterocycles. The average Bonchev–Trinajstić information content (AvgIpc) is 2.82. The van der Waals surface area contributed by atoms with Crippen molar-refractivity contribution in [3.63, 3.8) is 0 Å². The van der Waals surface area contributed by atoms with E-state index < -0.39 is 6.04 Å². The molecule has 0 fully saturated rings. The Morgan fingerprint density at radius 3 is 2.43 bits per heavy atom. The monoisotopic (exact) mass is 490 g/mol. The van der Waals surface area contributed by atoms with Gasteiger partial charge in [0.25, 0.3) is 0 Å². The van der Waals surface area contributed by atoms with Gasteiger partial charge in [-0.15, -0.1) is 11.8 Å². The Kier molecular flexibility index (Phi) is 8.20. The molecule has 9 heteroatoms. The van der Waals surface area contributed by atoms with Crippen molar-refractivity contribution in [2.75, 3.05) is 22.9 Å². The third-order valence-electron chi connectivity index (χ3n) is 5.41. The molecule has 4 rings (SSSR count). The lowest BCUT2D eigenvalue weighted by atomic mass is 10.0. The summed E-state index contributed by atoms with van der Waals surface area (Å²) >= 11 is 1.42. The number of benzene rings is 2. The van der Waals surface area contributed by atoms with Crippen molar-refractivity contribution in [1.29, 1.82) is 0 Å². The molecule has 1 unspecified atom stereocenters. The molecule has 0 radical (unpaired) electrons. The van der Waals surface area contributed by atoms with Crippen molar-refractivity contribution < 1.29 is 9.59 Å². The zero-order valence-corrected chi connectivity index (χ0v) is 20.7. The summed E-state index contributed by atoms with van der Waals surface area (Å²) in [5.41, 5.74) is 2.83. The average molecular weight is 491 g/mol. The van der Waals surface area contributed by atoms with Gasteiger partial charge in [0.2, 0.25) is 11.8 Å². The van der Waals surface area contributed by atoms with Gasteiger partial charge in [0.15, 0.2) is 0 Å². The maximum absolute atomic E-state index is 12.9. The van der Waals surface area contributed by atoms with Crippen LogP contribution in [-0.4, -0.2) is 40.1 Å². The number of thioether (sulfide) groups is 1. The lowest BCUT2D eigenvalue weighted by molar-refractivity contribution is -0.128. The fourth-order valence-electron chi connectivity index (χ4n) is 3.80. The van der Waals surface area contributed by atoms with Gasteiger partial charge in [0, 0.05) is 28.9 Å². The van der Waals surface area contributed by atoms with Gasteiger partial charge in [-0.05, 0) is 54.7 Å². The predicted molar refractivity (Wildman–Crippen MR) is 140 cm³/mol. The summed E-state index contributed by atoms with van der Waals surface area (Å²) in [6, 6.07) is 17.1. The minimum Gasteiger partial charge on any atom is -0.354 e. The Balaban J connectivity index is 1.59. The van der Waals surface area contributed by atoms with Gasteiger partial charge >= 0.3 is 0 Å². The normalized spacial score (nSPS) is 16.9. The Morgan fingerprint density at radius 2 is 1.69 bits per heavy atom. The molecule has 0 saturated carbocycles. The van der Waals surface area contributed by atoms with E-state index in [1.807, 2.05) is 68.4 Å². The number of rotatable bonds is 2. The Morgan fingerprint density at radius 1 is 0.971 bits per heavy atom. The molecule has 2 heterocycles. The summed E-state index contributed by atoms with van der Waals surface area (Å²) in [7, 11) is 0. The van der Waals surface area contributed by atoms with Crippen LogP contribution < -0.4 is 21.3 Å². The van der Waals surface area contributed by atoms with Crippen LogP contribution in [0.25, 0.3) is 0 Å². The van der Waals surface area contributed by atoms with Crippen LogP contribution in [0.3, 0.4) is 0 Å². The minimum absolute atomic E-state index is 0.152. The third-order valence-corrected chi connectivity index (χ3v) is 6.41. The highest BCUT2D eigenvalue weighted by molar-refractivity contribution is 8.00. The maximum atomic E-state index is 12.9. The molecule has 1 aromatic heterocycles. The number of aromatic nitrogens is 2. The molecule has 182 valence electrons. The first-order valence-corrected chi connectivity index (χ1v) is 12.7. The van der Waals surface area contributed by atoms with Gasteiger partial charge in [0.05, 0.1) is 5.75 Å². The van der Waals surface area contributed by atoms with Crippen LogP contribution in [-0.2, 0) is 16.0 Å². The Hall–Kier alpha value is -3.59. The Bertz CT molecular complexity index is 1190. The molecule has 0 aliphatic carbocycles. The van der Waals surface area contributed by atoms with E-state index in [4.69, 9.17) is 0 Å². The summed E-state index contributed by atoms with van der Waals surface area (Å²) in [6.07, 6.45) is 2.76. The van der Waals surface area contributed by atoms with Gasteiger partial charge < -0.3 is 21.3 Å². The molecule has 35 heavy (non-hydrogen) atoms. The molecule has 4 N–H and O–H groups in total. The van der Waals surface area contributed by atoms with Crippen molar-refractivity contribution in [2.24, 2.45) is 5.92 Å². The summed E-state index contributed by atoms with van der Waals surface area (Å²) < 4.78 is 0. The van der Waals surface area contributed by atoms with Crippen molar-refractivity contribution in [3.05, 3.63) is 66.5 Å². The summed E-state index contributed by atoms with van der Waals surface area (Å²) in [6.45, 7) is 4.57. The van der Waals surface area contributed by atoms with E-state index in [9.17, 15) is 9.59 Å². The van der Waals surface area contributed by atoms with Crippen LogP contribution in [0.1, 0.15) is 25.8 Å².